The van der Waals surface area contributed by atoms with Gasteiger partial charge in [0.25, 0.3) is 0 Å². The first kappa shape index (κ1) is 40.4. The largest absolute Gasteiger partial charge is 0.463 e. The van der Waals surface area contributed by atoms with Crippen LogP contribution in [-0.4, -0.2) is 116 Å². The van der Waals surface area contributed by atoms with E-state index in [0.717, 1.165) is 27.7 Å². The standard InChI is InChI=1S/C33H39N5O17/c1-15(39)46-13-25-24(49-17(3)41)8-27(54-25)38-9-21-7-23(53-31(21)34-33(38)45)11-37-10-22(35-36-37)12-48-32-30(52-20(6)44)29(51-19(5)43)28(50-18(4)42)26(55-32)14-47-16(2)40/h7,9-10,24-30,32H,8,11-14H2,1-6H3/t24-,25+,26+,27+,28+,29-,30+,32+/m0/s1. The van der Waals surface area contributed by atoms with Crippen LogP contribution >= 0.6 is 0 Å². The van der Waals surface area contributed by atoms with Crippen molar-refractivity contribution in [1.82, 2.24) is 24.5 Å². The number of nitrogens with zero attached hydrogens (tertiary/aromatic N) is 5. The van der Waals surface area contributed by atoms with Gasteiger partial charge in [0.2, 0.25) is 5.71 Å². The smallest absolute Gasteiger partial charge is 0.353 e. The van der Waals surface area contributed by atoms with E-state index in [9.17, 15) is 33.6 Å². The van der Waals surface area contributed by atoms with Crippen LogP contribution in [0.15, 0.2) is 27.7 Å². The highest BCUT2D eigenvalue weighted by Crippen LogP contribution is 2.32. The zero-order valence-electron chi connectivity index (χ0n) is 30.6. The Morgan fingerprint density at radius 2 is 1.38 bits per heavy atom. The van der Waals surface area contributed by atoms with E-state index < -0.39 is 97.3 Å². The predicted molar refractivity (Wildman–Crippen MR) is 175 cm³/mol. The lowest BCUT2D eigenvalue weighted by Crippen LogP contribution is -2.62. The molecule has 3 aromatic heterocycles. The Morgan fingerprint density at radius 3 is 2.02 bits per heavy atom. The fourth-order valence-corrected chi connectivity index (χ4v) is 5.95. The first-order valence-electron chi connectivity index (χ1n) is 16.8. The molecule has 2 saturated heterocycles. The van der Waals surface area contributed by atoms with Gasteiger partial charge in [-0.3, -0.25) is 33.3 Å². The molecule has 55 heavy (non-hydrogen) atoms. The van der Waals surface area contributed by atoms with Gasteiger partial charge in [-0.25, -0.2) is 9.48 Å². The van der Waals surface area contributed by atoms with Crippen LogP contribution in [0, 0.1) is 0 Å². The van der Waals surface area contributed by atoms with Crippen LogP contribution in [0.3, 0.4) is 0 Å². The summed E-state index contributed by atoms with van der Waals surface area (Å²) in [6, 6.07) is 1.63. The predicted octanol–water partition coefficient (Wildman–Crippen LogP) is 0.0113. The van der Waals surface area contributed by atoms with Crippen molar-refractivity contribution in [2.75, 3.05) is 13.2 Å². The third-order valence-corrected chi connectivity index (χ3v) is 7.99. The lowest BCUT2D eigenvalue weighted by Gasteiger charge is -2.43. The molecule has 0 amide bonds. The van der Waals surface area contributed by atoms with Crippen LogP contribution in [0.1, 0.15) is 65.6 Å². The summed E-state index contributed by atoms with van der Waals surface area (Å²) in [7, 11) is 0. The molecule has 5 heterocycles. The van der Waals surface area contributed by atoms with E-state index in [1.807, 2.05) is 0 Å². The summed E-state index contributed by atoms with van der Waals surface area (Å²) in [5, 5.41) is 8.60. The molecule has 0 bridgehead atoms. The minimum absolute atomic E-state index is 0.0366. The number of hydrogen-bond acceptors (Lipinski definition) is 20. The van der Waals surface area contributed by atoms with Gasteiger partial charge in [0.1, 0.15) is 55.8 Å². The number of aromatic nitrogens is 5. The molecule has 298 valence electrons. The average Bonchev–Trinajstić information content (AvgIpc) is 3.81. The molecule has 22 nitrogen and oxygen atoms in total. The number of furan rings is 1. The van der Waals surface area contributed by atoms with Crippen molar-refractivity contribution in [3.05, 3.63) is 40.4 Å². The number of rotatable bonds is 14. The van der Waals surface area contributed by atoms with Crippen molar-refractivity contribution in [3.63, 3.8) is 0 Å². The van der Waals surface area contributed by atoms with E-state index >= 15 is 0 Å². The molecular weight excluding hydrogens is 738 g/mol. The van der Waals surface area contributed by atoms with Gasteiger partial charge in [-0.05, 0) is 6.07 Å². The molecule has 3 aromatic rings. The summed E-state index contributed by atoms with van der Waals surface area (Å²) in [4.78, 5) is 87.7. The Morgan fingerprint density at radius 1 is 0.764 bits per heavy atom. The second-order valence-electron chi connectivity index (χ2n) is 12.5. The van der Waals surface area contributed by atoms with Gasteiger partial charge >= 0.3 is 41.5 Å². The fraction of sp³-hybridized carbons (Fsp3) is 0.576. The summed E-state index contributed by atoms with van der Waals surface area (Å²) in [5.41, 5.74) is -0.393. The van der Waals surface area contributed by atoms with E-state index in [0.29, 0.717) is 11.1 Å². The lowest BCUT2D eigenvalue weighted by molar-refractivity contribution is -0.310. The molecule has 2 aliphatic rings. The van der Waals surface area contributed by atoms with Crippen LogP contribution in [0.5, 0.6) is 0 Å². The van der Waals surface area contributed by atoms with Gasteiger partial charge in [0.05, 0.1) is 18.2 Å². The van der Waals surface area contributed by atoms with E-state index in [2.05, 4.69) is 15.3 Å². The van der Waals surface area contributed by atoms with Crippen LogP contribution in [0.4, 0.5) is 0 Å². The van der Waals surface area contributed by atoms with Crippen LogP contribution < -0.4 is 5.69 Å². The van der Waals surface area contributed by atoms with Gasteiger partial charge in [-0.15, -0.1) is 5.10 Å². The Kier molecular flexibility index (Phi) is 12.9. The third-order valence-electron chi connectivity index (χ3n) is 7.99. The molecule has 0 radical (unpaired) electrons. The quantitative estimate of drug-likeness (QED) is 0.154. The van der Waals surface area contributed by atoms with Crippen LogP contribution in [0.25, 0.3) is 11.1 Å². The van der Waals surface area contributed by atoms with Crippen molar-refractivity contribution in [2.45, 2.75) is 110 Å². The Labute approximate surface area is 311 Å². The first-order chi connectivity index (χ1) is 26.1. The molecule has 0 spiro atoms. The van der Waals surface area contributed by atoms with Crippen LogP contribution in [-0.2, 0) is 84.6 Å². The zero-order valence-corrected chi connectivity index (χ0v) is 30.6. The number of carbonyl (C=O) groups excluding carboxylic acids is 6. The molecule has 2 fully saturated rings. The molecule has 0 unspecified atom stereocenters. The Hall–Kier alpha value is -5.74. The number of hydrogen-bond donors (Lipinski definition) is 0. The maximum Gasteiger partial charge on any atom is 0.353 e. The van der Waals surface area contributed by atoms with E-state index in [-0.39, 0.29) is 37.6 Å². The fourth-order valence-electron chi connectivity index (χ4n) is 5.95. The van der Waals surface area contributed by atoms with Crippen molar-refractivity contribution < 1.29 is 75.8 Å². The highest BCUT2D eigenvalue weighted by molar-refractivity contribution is 5.73. The number of esters is 6. The molecular formula is C33H39N5O17. The SMILES string of the molecule is CC(=O)OC[C@H]1O[C@@H](OCc2cn(Cc3cc4cn([C@H]5C[C@H](OC(C)=O)[C@@H](COC(C)=O)O5)c(=O)nc4o3)nn2)[C@H](OC(C)=O)[C@@H](OC(C)=O)[C@@H]1OC(C)=O. The Balaban J connectivity index is 1.29. The summed E-state index contributed by atoms with van der Waals surface area (Å²) in [6.45, 7) is 6.10. The van der Waals surface area contributed by atoms with Gasteiger partial charge in [-0.2, -0.15) is 4.98 Å². The Bertz CT molecular complexity index is 1970. The van der Waals surface area contributed by atoms with Crippen molar-refractivity contribution in [1.29, 1.82) is 0 Å². The highest BCUT2D eigenvalue weighted by atomic mass is 16.7. The first-order valence-corrected chi connectivity index (χ1v) is 16.8. The summed E-state index contributed by atoms with van der Waals surface area (Å²) in [6.07, 6.45) is -6.17. The molecule has 0 aliphatic carbocycles. The third kappa shape index (κ3) is 10.7. The monoisotopic (exact) mass is 777 g/mol. The maximum absolute atomic E-state index is 13.0. The number of fused-ring (bicyclic) bond motifs is 1. The zero-order chi connectivity index (χ0) is 40.0. The van der Waals surface area contributed by atoms with Gasteiger partial charge in [0, 0.05) is 54.2 Å². The van der Waals surface area contributed by atoms with Gasteiger partial charge in [0.15, 0.2) is 24.6 Å². The molecule has 5 rings (SSSR count). The van der Waals surface area contributed by atoms with Gasteiger partial charge in [-0.1, -0.05) is 5.21 Å². The summed E-state index contributed by atoms with van der Waals surface area (Å²) < 4.78 is 57.8. The summed E-state index contributed by atoms with van der Waals surface area (Å²) in [5.74, 6) is -3.78. The van der Waals surface area contributed by atoms with Crippen LogP contribution in [0.2, 0.25) is 0 Å². The maximum atomic E-state index is 13.0. The average molecular weight is 778 g/mol. The normalized spacial score (nSPS) is 24.8. The van der Waals surface area contributed by atoms with E-state index in [4.69, 9.17) is 47.0 Å². The molecule has 0 aromatic carbocycles. The molecule has 2 aliphatic heterocycles. The topological polar surface area (TPSA) is 264 Å². The molecule has 22 heteroatoms. The summed E-state index contributed by atoms with van der Waals surface area (Å²) >= 11 is 0. The second kappa shape index (κ2) is 17.6. The number of carbonyl (C=O) groups is 6. The second-order valence-corrected chi connectivity index (χ2v) is 12.5. The minimum atomic E-state index is -1.43. The van der Waals surface area contributed by atoms with Crippen molar-refractivity contribution in [2.24, 2.45) is 0 Å². The van der Waals surface area contributed by atoms with E-state index in [1.165, 1.54) is 35.5 Å². The van der Waals surface area contributed by atoms with Gasteiger partial charge < -0.3 is 47.0 Å². The molecule has 0 saturated carbocycles. The highest BCUT2D eigenvalue weighted by Gasteiger charge is 2.53. The van der Waals surface area contributed by atoms with Crippen molar-refractivity contribution in [3.8, 4) is 0 Å². The molecule has 0 N–H and O–H groups in total. The minimum Gasteiger partial charge on any atom is -0.463 e. The van der Waals surface area contributed by atoms with E-state index in [1.54, 1.807) is 6.07 Å². The number of ether oxygens (including phenoxy) is 9. The lowest BCUT2D eigenvalue weighted by atomic mass is 9.98. The van der Waals surface area contributed by atoms with Crippen molar-refractivity contribution >= 4 is 46.9 Å². The molecule has 8 atom stereocenters.